The highest BCUT2D eigenvalue weighted by Gasteiger charge is 2.44. The van der Waals surface area contributed by atoms with Crippen molar-refractivity contribution in [1.82, 2.24) is 10.6 Å². The molecule has 20 heavy (non-hydrogen) atoms. The van der Waals surface area contributed by atoms with Gasteiger partial charge in [-0.1, -0.05) is 6.07 Å². The molecule has 0 radical (unpaired) electrons. The number of nitrogens with one attached hydrogen (secondary N) is 2. The van der Waals surface area contributed by atoms with Crippen LogP contribution in [0.4, 0.5) is 0 Å². The first kappa shape index (κ1) is 13.1. The minimum absolute atomic E-state index is 0.147. The fourth-order valence-electron chi connectivity index (χ4n) is 3.30. The van der Waals surface area contributed by atoms with Crippen molar-refractivity contribution in [2.75, 3.05) is 13.3 Å². The molecule has 0 saturated carbocycles. The fourth-order valence-corrected chi connectivity index (χ4v) is 3.30. The lowest BCUT2D eigenvalue weighted by molar-refractivity contribution is -0.128. The number of carbonyl (C=O) groups is 2. The van der Waals surface area contributed by atoms with Crippen LogP contribution in [0, 0.1) is 5.41 Å². The molecule has 0 unspecified atom stereocenters. The van der Waals surface area contributed by atoms with Gasteiger partial charge in [0.05, 0.1) is 5.41 Å². The largest absolute Gasteiger partial charge is 0.376 e. The van der Waals surface area contributed by atoms with Gasteiger partial charge in [-0.25, -0.2) is 0 Å². The molecule has 5 nitrogen and oxygen atoms in total. The van der Waals surface area contributed by atoms with Crippen LogP contribution in [0.15, 0.2) is 18.2 Å². The van der Waals surface area contributed by atoms with Crippen LogP contribution in [-0.4, -0.2) is 30.2 Å². The van der Waals surface area contributed by atoms with Crippen molar-refractivity contribution in [3.05, 3.63) is 34.9 Å². The van der Waals surface area contributed by atoms with E-state index in [0.29, 0.717) is 12.0 Å². The van der Waals surface area contributed by atoms with E-state index in [1.807, 2.05) is 12.1 Å². The lowest BCUT2D eigenvalue weighted by Gasteiger charge is -2.32. The molecule has 2 amide bonds. The van der Waals surface area contributed by atoms with Crippen molar-refractivity contribution in [1.29, 1.82) is 0 Å². The summed E-state index contributed by atoms with van der Waals surface area (Å²) in [5.74, 6) is -0.140. The minimum atomic E-state index is -0.373. The third-order valence-electron chi connectivity index (χ3n) is 4.48. The average molecular weight is 274 g/mol. The number of fused-ring (bicyclic) bond motifs is 1. The van der Waals surface area contributed by atoms with E-state index in [0.717, 1.165) is 31.4 Å². The Bertz CT molecular complexity index is 570. The smallest absolute Gasteiger partial charge is 0.253 e. The molecule has 1 saturated heterocycles. The number of hydrogen-bond donors (Lipinski definition) is 3. The molecule has 1 aliphatic carbocycles. The van der Waals surface area contributed by atoms with Gasteiger partial charge < -0.3 is 15.7 Å². The zero-order valence-electron chi connectivity index (χ0n) is 11.2. The molecule has 1 aliphatic heterocycles. The van der Waals surface area contributed by atoms with Gasteiger partial charge in [0.15, 0.2) is 0 Å². The van der Waals surface area contributed by atoms with Gasteiger partial charge in [0, 0.05) is 12.1 Å². The quantitative estimate of drug-likeness (QED) is 0.681. The maximum atomic E-state index is 12.1. The maximum absolute atomic E-state index is 12.1. The van der Waals surface area contributed by atoms with Gasteiger partial charge in [0.2, 0.25) is 5.91 Å². The number of aryl methyl sites for hydroxylation is 1. The van der Waals surface area contributed by atoms with Gasteiger partial charge in [-0.2, -0.15) is 0 Å². The van der Waals surface area contributed by atoms with Crippen molar-refractivity contribution in [3.8, 4) is 0 Å². The number of aliphatic hydroxyl groups is 1. The predicted octanol–water partition coefficient (Wildman–Crippen LogP) is 0.361. The van der Waals surface area contributed by atoms with E-state index in [2.05, 4.69) is 10.6 Å². The molecule has 5 heteroatoms. The zero-order valence-corrected chi connectivity index (χ0v) is 11.2. The van der Waals surface area contributed by atoms with Crippen LogP contribution < -0.4 is 10.6 Å². The average Bonchev–Trinajstić information content (AvgIpc) is 2.79. The van der Waals surface area contributed by atoms with Gasteiger partial charge in [-0.05, 0) is 48.9 Å². The van der Waals surface area contributed by atoms with Gasteiger partial charge in [-0.15, -0.1) is 0 Å². The second kappa shape index (κ2) is 4.90. The Kier molecular flexibility index (Phi) is 3.22. The summed E-state index contributed by atoms with van der Waals surface area (Å²) in [5, 5.41) is 14.0. The second-order valence-corrected chi connectivity index (χ2v) is 5.61. The maximum Gasteiger partial charge on any atom is 0.253 e. The van der Waals surface area contributed by atoms with Crippen LogP contribution in [-0.2, 0) is 17.6 Å². The van der Waals surface area contributed by atoms with E-state index < -0.39 is 0 Å². The van der Waals surface area contributed by atoms with Crippen molar-refractivity contribution >= 4 is 11.8 Å². The molecular weight excluding hydrogens is 256 g/mol. The first-order valence-corrected chi connectivity index (χ1v) is 6.94. The van der Waals surface area contributed by atoms with Gasteiger partial charge in [0.1, 0.15) is 6.73 Å². The highest BCUT2D eigenvalue weighted by Crippen LogP contribution is 2.41. The molecule has 106 valence electrons. The number of aliphatic hydroxyl groups excluding tert-OH is 1. The molecular formula is C15H18N2O3. The molecule has 3 N–H and O–H groups in total. The van der Waals surface area contributed by atoms with E-state index in [1.165, 1.54) is 5.56 Å². The van der Waals surface area contributed by atoms with Crippen molar-refractivity contribution < 1.29 is 14.7 Å². The Hall–Kier alpha value is -1.88. The normalized spacial score (nSPS) is 24.4. The lowest BCUT2D eigenvalue weighted by atomic mass is 9.70. The van der Waals surface area contributed by atoms with Crippen LogP contribution in [0.25, 0.3) is 0 Å². The highest BCUT2D eigenvalue weighted by atomic mass is 16.3. The van der Waals surface area contributed by atoms with E-state index >= 15 is 0 Å². The van der Waals surface area contributed by atoms with Gasteiger partial charge >= 0.3 is 0 Å². The Morgan fingerprint density at radius 1 is 1.35 bits per heavy atom. The fraction of sp³-hybridized carbons (Fsp3) is 0.467. The molecule has 3 rings (SSSR count). The van der Waals surface area contributed by atoms with Crippen LogP contribution in [0.5, 0.6) is 0 Å². The van der Waals surface area contributed by atoms with E-state index in [4.69, 9.17) is 5.11 Å². The summed E-state index contributed by atoms with van der Waals surface area (Å²) in [6.07, 6.45) is 3.34. The molecule has 2 aliphatic rings. The van der Waals surface area contributed by atoms with Crippen molar-refractivity contribution in [3.63, 3.8) is 0 Å². The lowest BCUT2D eigenvalue weighted by Crippen LogP contribution is -2.36. The summed E-state index contributed by atoms with van der Waals surface area (Å²) < 4.78 is 0. The Morgan fingerprint density at radius 2 is 2.20 bits per heavy atom. The van der Waals surface area contributed by atoms with Crippen LogP contribution in [0.3, 0.4) is 0 Å². The molecule has 0 aromatic heterocycles. The summed E-state index contributed by atoms with van der Waals surface area (Å²) in [4.78, 5) is 23.8. The topological polar surface area (TPSA) is 78.4 Å². The first-order valence-electron chi connectivity index (χ1n) is 6.94. The summed E-state index contributed by atoms with van der Waals surface area (Å²) >= 11 is 0. The summed E-state index contributed by atoms with van der Waals surface area (Å²) in [7, 11) is 0. The highest BCUT2D eigenvalue weighted by molar-refractivity contribution is 5.94. The Labute approximate surface area is 117 Å². The van der Waals surface area contributed by atoms with Crippen molar-refractivity contribution in [2.24, 2.45) is 5.41 Å². The summed E-state index contributed by atoms with van der Waals surface area (Å²) in [6, 6.07) is 5.59. The van der Waals surface area contributed by atoms with Crippen molar-refractivity contribution in [2.45, 2.75) is 25.7 Å². The first-order chi connectivity index (χ1) is 9.64. The summed E-state index contributed by atoms with van der Waals surface area (Å²) in [6.45, 7) is 0.376. The zero-order chi connectivity index (χ0) is 14.2. The van der Waals surface area contributed by atoms with Gasteiger partial charge in [0.25, 0.3) is 5.91 Å². The van der Waals surface area contributed by atoms with Crippen LogP contribution in [0.1, 0.15) is 34.3 Å². The number of rotatable bonds is 2. The van der Waals surface area contributed by atoms with E-state index in [9.17, 15) is 9.59 Å². The predicted molar refractivity (Wildman–Crippen MR) is 73.1 cm³/mol. The number of benzene rings is 1. The third-order valence-corrected chi connectivity index (χ3v) is 4.48. The number of carbonyl (C=O) groups excluding carboxylic acids is 2. The van der Waals surface area contributed by atoms with Crippen LogP contribution in [0.2, 0.25) is 0 Å². The molecule has 1 aromatic rings. The SMILES string of the molecule is O=C(NCO)c1ccc2c(c1)C[C@]1(CCNC1=O)CC2. The standard InChI is InChI=1S/C15H18N2O3/c18-9-17-13(19)11-2-1-10-3-4-15(8-12(10)7-11)5-6-16-14(15)20/h1-2,7,18H,3-6,8-9H2,(H,16,20)(H,17,19)/t15-/m1/s1. The Morgan fingerprint density at radius 3 is 2.90 bits per heavy atom. The molecule has 0 bridgehead atoms. The molecule has 1 fully saturated rings. The molecule has 1 aromatic carbocycles. The number of amides is 2. The molecule has 1 atom stereocenters. The number of hydrogen-bond acceptors (Lipinski definition) is 3. The minimum Gasteiger partial charge on any atom is -0.376 e. The second-order valence-electron chi connectivity index (χ2n) is 5.61. The van der Waals surface area contributed by atoms with E-state index in [-0.39, 0.29) is 24.0 Å². The summed E-state index contributed by atoms with van der Waals surface area (Å²) in [5.41, 5.74) is 2.56. The van der Waals surface area contributed by atoms with Crippen LogP contribution >= 0.6 is 0 Å². The Balaban J connectivity index is 1.89. The third kappa shape index (κ3) is 2.08. The van der Waals surface area contributed by atoms with Gasteiger partial charge in [-0.3, -0.25) is 9.59 Å². The van der Waals surface area contributed by atoms with E-state index in [1.54, 1.807) is 6.07 Å². The molecule has 1 spiro atoms. The molecule has 1 heterocycles. The monoisotopic (exact) mass is 274 g/mol.